The molecule has 0 bridgehead atoms. The van der Waals surface area contributed by atoms with Crippen LogP contribution in [0.1, 0.15) is 18.2 Å². The Kier molecular flexibility index (Phi) is 3.66. The Morgan fingerprint density at radius 3 is 2.38 bits per heavy atom. The van der Waals surface area contributed by atoms with Crippen LogP contribution in [0.5, 0.6) is 0 Å². The molecule has 1 aliphatic heterocycles. The molecular weight excluding hydrogens is 292 g/mol. The highest BCUT2D eigenvalue weighted by molar-refractivity contribution is 5.88. The second-order valence-electron chi connectivity index (χ2n) is 6.28. The van der Waals surface area contributed by atoms with Crippen molar-refractivity contribution in [2.75, 3.05) is 4.90 Å². The number of fused-ring (bicyclic) bond motifs is 3. The van der Waals surface area contributed by atoms with E-state index in [0.717, 1.165) is 6.54 Å². The van der Waals surface area contributed by atoms with Crippen LogP contribution in [0.2, 0.25) is 0 Å². The third-order valence-corrected chi connectivity index (χ3v) is 4.72. The van der Waals surface area contributed by atoms with Crippen LogP contribution in [0.15, 0.2) is 78.6 Å². The summed E-state index contributed by atoms with van der Waals surface area (Å²) in [6.07, 6.45) is 4.39. The van der Waals surface area contributed by atoms with Gasteiger partial charge in [-0.25, -0.2) is 4.57 Å². The number of para-hydroxylation sites is 1. The predicted molar refractivity (Wildman–Crippen MR) is 99.3 cm³/mol. The smallest absolute Gasteiger partial charge is 0.201 e. The minimum atomic E-state index is 0.852. The third kappa shape index (κ3) is 2.50. The monoisotopic (exact) mass is 313 g/mol. The van der Waals surface area contributed by atoms with E-state index in [4.69, 9.17) is 0 Å². The summed E-state index contributed by atoms with van der Waals surface area (Å²) in [4.78, 5) is 2.41. The van der Waals surface area contributed by atoms with Gasteiger partial charge < -0.3 is 4.90 Å². The van der Waals surface area contributed by atoms with E-state index in [1.807, 2.05) is 0 Å². The van der Waals surface area contributed by atoms with Crippen molar-refractivity contribution in [2.24, 2.45) is 7.05 Å². The van der Waals surface area contributed by atoms with Crippen molar-refractivity contribution >= 4 is 11.8 Å². The number of aryl methyl sites for hydroxylation is 1. The van der Waals surface area contributed by atoms with Crippen LogP contribution in [0.4, 0.5) is 5.69 Å². The third-order valence-electron chi connectivity index (χ3n) is 4.72. The van der Waals surface area contributed by atoms with Gasteiger partial charge in [0.1, 0.15) is 13.6 Å². The second kappa shape index (κ2) is 5.97. The van der Waals surface area contributed by atoms with Crippen molar-refractivity contribution in [3.05, 3.63) is 89.9 Å². The molecule has 4 rings (SSSR count). The fourth-order valence-electron chi connectivity index (χ4n) is 3.39. The molecule has 0 saturated carbocycles. The van der Waals surface area contributed by atoms with Gasteiger partial charge in [0.05, 0.1) is 0 Å². The molecule has 0 saturated heterocycles. The summed E-state index contributed by atoms with van der Waals surface area (Å²) >= 11 is 0. The van der Waals surface area contributed by atoms with E-state index in [9.17, 15) is 0 Å². The van der Waals surface area contributed by atoms with E-state index >= 15 is 0 Å². The molecule has 24 heavy (non-hydrogen) atoms. The predicted octanol–water partition coefficient (Wildman–Crippen LogP) is 4.56. The van der Waals surface area contributed by atoms with Crippen molar-refractivity contribution in [3.63, 3.8) is 0 Å². The fraction of sp³-hybridized carbons (Fsp3) is 0.136. The molecule has 1 aromatic heterocycles. The summed E-state index contributed by atoms with van der Waals surface area (Å²) in [6, 6.07) is 23.7. The van der Waals surface area contributed by atoms with Crippen LogP contribution < -0.4 is 9.47 Å². The Morgan fingerprint density at radius 1 is 0.833 bits per heavy atom. The average molecular weight is 313 g/mol. The first-order valence-electron chi connectivity index (χ1n) is 8.32. The molecule has 118 valence electrons. The first kappa shape index (κ1) is 14.7. The van der Waals surface area contributed by atoms with Crippen molar-refractivity contribution in [2.45, 2.75) is 13.5 Å². The van der Waals surface area contributed by atoms with Gasteiger partial charge in [0.25, 0.3) is 0 Å². The van der Waals surface area contributed by atoms with E-state index in [1.54, 1.807) is 0 Å². The summed E-state index contributed by atoms with van der Waals surface area (Å²) in [5, 5.41) is 0. The highest BCUT2D eigenvalue weighted by Crippen LogP contribution is 2.39. The Labute approximate surface area is 143 Å². The number of benzene rings is 2. The first-order valence-corrected chi connectivity index (χ1v) is 8.32. The molecular formula is C22H21N2+. The molecule has 2 nitrogen and oxygen atoms in total. The molecule has 0 spiro atoms. The van der Waals surface area contributed by atoms with E-state index in [0.29, 0.717) is 0 Å². The van der Waals surface area contributed by atoms with Crippen LogP contribution in [0, 0.1) is 0 Å². The van der Waals surface area contributed by atoms with Gasteiger partial charge >= 0.3 is 0 Å². The number of rotatable bonds is 2. The first-order chi connectivity index (χ1) is 11.7. The Bertz CT molecular complexity index is 925. The molecule has 2 aromatic carbocycles. The van der Waals surface area contributed by atoms with Crippen LogP contribution in [-0.4, -0.2) is 0 Å². The van der Waals surface area contributed by atoms with Gasteiger partial charge in [0.15, 0.2) is 6.20 Å². The SMILES string of the molecule is CC1=Cc2ccccc2-c2ccccc2N1Cc1cccc[n+]1C. The molecule has 0 amide bonds. The van der Waals surface area contributed by atoms with Gasteiger partial charge in [-0.15, -0.1) is 0 Å². The number of anilines is 1. The molecule has 1 aliphatic rings. The Hall–Kier alpha value is -2.87. The average Bonchev–Trinajstić information content (AvgIpc) is 2.72. The summed E-state index contributed by atoms with van der Waals surface area (Å²) in [5.74, 6) is 0. The fourth-order valence-corrected chi connectivity index (χ4v) is 3.39. The lowest BCUT2D eigenvalue weighted by molar-refractivity contribution is -0.679. The van der Waals surface area contributed by atoms with Gasteiger partial charge in [-0.2, -0.15) is 0 Å². The molecule has 0 atom stereocenters. The van der Waals surface area contributed by atoms with E-state index in [1.165, 1.54) is 33.8 Å². The van der Waals surface area contributed by atoms with E-state index in [2.05, 4.69) is 102 Å². The zero-order chi connectivity index (χ0) is 16.5. The molecule has 0 aliphatic carbocycles. The molecule has 0 N–H and O–H groups in total. The minimum absolute atomic E-state index is 0.852. The molecule has 0 unspecified atom stereocenters. The van der Waals surface area contributed by atoms with Gasteiger partial charge in [-0.05, 0) is 30.2 Å². The van der Waals surface area contributed by atoms with Gasteiger partial charge in [0.2, 0.25) is 5.69 Å². The normalized spacial score (nSPS) is 12.9. The summed E-state index contributed by atoms with van der Waals surface area (Å²) in [5.41, 5.74) is 7.68. The van der Waals surface area contributed by atoms with Gasteiger partial charge in [0, 0.05) is 29.1 Å². The standard InChI is InChI=1S/C22H21N2/c1-17-15-18-9-3-4-11-20(18)21-12-5-6-13-22(21)24(17)16-19-10-7-8-14-23(19)2/h3-15H,16H2,1-2H3/q+1. The summed E-state index contributed by atoms with van der Waals surface area (Å²) in [6.45, 7) is 3.05. The van der Waals surface area contributed by atoms with Crippen LogP contribution in [0.3, 0.4) is 0 Å². The highest BCUT2D eigenvalue weighted by Gasteiger charge is 2.21. The number of allylic oxidation sites excluding steroid dienone is 1. The number of nitrogens with zero attached hydrogens (tertiary/aromatic N) is 2. The molecule has 2 heterocycles. The number of hydrogen-bond donors (Lipinski definition) is 0. The lowest BCUT2D eigenvalue weighted by Crippen LogP contribution is -2.36. The zero-order valence-electron chi connectivity index (χ0n) is 14.1. The molecule has 2 heteroatoms. The molecule has 3 aromatic rings. The lowest BCUT2D eigenvalue weighted by Gasteiger charge is -2.25. The Morgan fingerprint density at radius 2 is 1.54 bits per heavy atom. The molecule has 0 fully saturated rings. The number of hydrogen-bond acceptors (Lipinski definition) is 1. The number of pyridine rings is 1. The van der Waals surface area contributed by atoms with E-state index in [-0.39, 0.29) is 0 Å². The van der Waals surface area contributed by atoms with Gasteiger partial charge in [-0.3, -0.25) is 0 Å². The van der Waals surface area contributed by atoms with Crippen LogP contribution in [-0.2, 0) is 13.6 Å². The maximum Gasteiger partial charge on any atom is 0.201 e. The van der Waals surface area contributed by atoms with Gasteiger partial charge in [-0.1, -0.05) is 48.5 Å². The quantitative estimate of drug-likeness (QED) is 0.629. The highest BCUT2D eigenvalue weighted by atomic mass is 15.2. The van der Waals surface area contributed by atoms with Crippen molar-refractivity contribution in [1.82, 2.24) is 0 Å². The van der Waals surface area contributed by atoms with Crippen molar-refractivity contribution in [3.8, 4) is 11.1 Å². The van der Waals surface area contributed by atoms with E-state index < -0.39 is 0 Å². The lowest BCUT2D eigenvalue weighted by atomic mass is 9.99. The maximum atomic E-state index is 2.41. The summed E-state index contributed by atoms with van der Waals surface area (Å²) in [7, 11) is 2.10. The minimum Gasteiger partial charge on any atom is -0.334 e. The van der Waals surface area contributed by atoms with Crippen LogP contribution >= 0.6 is 0 Å². The topological polar surface area (TPSA) is 7.12 Å². The zero-order valence-corrected chi connectivity index (χ0v) is 14.1. The second-order valence-corrected chi connectivity index (χ2v) is 6.28. The van der Waals surface area contributed by atoms with Crippen molar-refractivity contribution in [1.29, 1.82) is 0 Å². The summed E-state index contributed by atoms with van der Waals surface area (Å²) < 4.78 is 2.19. The molecule has 0 radical (unpaired) electrons. The number of aromatic nitrogens is 1. The largest absolute Gasteiger partial charge is 0.334 e. The van der Waals surface area contributed by atoms with Crippen LogP contribution in [0.25, 0.3) is 17.2 Å². The Balaban J connectivity index is 1.88. The maximum absolute atomic E-state index is 2.41. The van der Waals surface area contributed by atoms with Crippen molar-refractivity contribution < 1.29 is 4.57 Å².